The van der Waals surface area contributed by atoms with Gasteiger partial charge in [-0.2, -0.15) is 0 Å². The molecule has 1 fully saturated rings. The van der Waals surface area contributed by atoms with E-state index in [2.05, 4.69) is 36.1 Å². The van der Waals surface area contributed by atoms with E-state index in [-0.39, 0.29) is 18.6 Å². The van der Waals surface area contributed by atoms with Gasteiger partial charge >= 0.3 is 0 Å². The molecule has 0 unspecified atom stereocenters. The summed E-state index contributed by atoms with van der Waals surface area (Å²) in [5.74, 6) is 0.206. The number of halogens is 1. The van der Waals surface area contributed by atoms with Crippen LogP contribution in [-0.4, -0.2) is 48.1 Å². The molecule has 0 saturated carbocycles. The largest absolute Gasteiger partial charge is 0.336 e. The molecule has 1 saturated heterocycles. The highest BCUT2D eigenvalue weighted by atomic mass is 19.1. The highest BCUT2D eigenvalue weighted by molar-refractivity contribution is 5.82. The summed E-state index contributed by atoms with van der Waals surface area (Å²) in [6, 6.07) is 8.30. The van der Waals surface area contributed by atoms with Gasteiger partial charge in [-0.15, -0.1) is 0 Å². The number of alkyl halides is 1. The number of piperazine rings is 1. The number of unbranched alkanes of at least 4 members (excludes halogenated alkanes) is 2. The third kappa shape index (κ3) is 4.54. The lowest BCUT2D eigenvalue weighted by atomic mass is 10.1. The third-order valence-electron chi connectivity index (χ3n) is 4.45. The molecule has 1 atom stereocenters. The minimum atomic E-state index is -0.237. The number of rotatable bonds is 7. The number of carbonyl (C=O) groups is 1. The molecule has 1 aliphatic rings. The average Bonchev–Trinajstić information content (AvgIpc) is 2.52. The molecule has 22 heavy (non-hydrogen) atoms. The second-order valence-electron chi connectivity index (χ2n) is 6.21. The number of benzene rings is 1. The number of nitrogens with zero attached hydrogens (tertiary/aromatic N) is 2. The zero-order valence-electron chi connectivity index (χ0n) is 13.7. The van der Waals surface area contributed by atoms with Gasteiger partial charge in [0.25, 0.3) is 0 Å². The van der Waals surface area contributed by atoms with Crippen molar-refractivity contribution in [1.82, 2.24) is 9.80 Å². The van der Waals surface area contributed by atoms with Crippen molar-refractivity contribution in [2.45, 2.75) is 45.7 Å². The number of amides is 1. The zero-order valence-corrected chi connectivity index (χ0v) is 13.7. The first-order chi connectivity index (χ1) is 10.6. The van der Waals surface area contributed by atoms with Crippen molar-refractivity contribution in [3.05, 3.63) is 35.4 Å². The summed E-state index contributed by atoms with van der Waals surface area (Å²) in [5.41, 5.74) is 2.42. The van der Waals surface area contributed by atoms with Crippen molar-refractivity contribution < 1.29 is 9.18 Å². The number of hydrogen-bond acceptors (Lipinski definition) is 2. The van der Waals surface area contributed by atoms with Gasteiger partial charge in [0.15, 0.2) is 0 Å². The second kappa shape index (κ2) is 8.28. The lowest BCUT2D eigenvalue weighted by Crippen LogP contribution is -2.55. The molecule has 0 radical (unpaired) electrons. The van der Waals surface area contributed by atoms with Gasteiger partial charge in [-0.3, -0.25) is 14.1 Å². The van der Waals surface area contributed by atoms with Crippen LogP contribution in [0.2, 0.25) is 0 Å². The Bertz CT molecular complexity index is 474. The van der Waals surface area contributed by atoms with Crippen molar-refractivity contribution in [2.24, 2.45) is 0 Å². The van der Waals surface area contributed by atoms with E-state index in [4.69, 9.17) is 0 Å². The molecule has 0 aromatic heterocycles. The maximum absolute atomic E-state index is 12.5. The fourth-order valence-electron chi connectivity index (χ4n) is 2.94. The molecule has 1 aliphatic heterocycles. The van der Waals surface area contributed by atoms with Gasteiger partial charge in [0.05, 0.1) is 12.7 Å². The van der Waals surface area contributed by atoms with Crippen molar-refractivity contribution in [1.29, 1.82) is 0 Å². The first-order valence-electron chi connectivity index (χ1n) is 8.26. The van der Waals surface area contributed by atoms with Crippen LogP contribution in [0.5, 0.6) is 0 Å². The van der Waals surface area contributed by atoms with Crippen LogP contribution in [0.3, 0.4) is 0 Å². The topological polar surface area (TPSA) is 23.6 Å². The Morgan fingerprint density at radius 3 is 2.55 bits per heavy atom. The Morgan fingerprint density at radius 2 is 1.86 bits per heavy atom. The molecule has 0 spiro atoms. The number of aryl methyl sites for hydroxylation is 1. The maximum Gasteiger partial charge on any atom is 0.239 e. The van der Waals surface area contributed by atoms with Crippen LogP contribution < -0.4 is 0 Å². The van der Waals surface area contributed by atoms with E-state index >= 15 is 0 Å². The summed E-state index contributed by atoms with van der Waals surface area (Å²) >= 11 is 0. The van der Waals surface area contributed by atoms with Crippen LogP contribution in [0, 0.1) is 6.92 Å². The molecule has 2 rings (SSSR count). The Balaban J connectivity index is 1.84. The lowest BCUT2D eigenvalue weighted by Gasteiger charge is -2.39. The fraction of sp³-hybridized carbons (Fsp3) is 0.611. The van der Waals surface area contributed by atoms with Gasteiger partial charge in [0.2, 0.25) is 5.91 Å². The van der Waals surface area contributed by atoms with E-state index in [1.165, 1.54) is 11.1 Å². The van der Waals surface area contributed by atoms with Gasteiger partial charge in [0.1, 0.15) is 0 Å². The van der Waals surface area contributed by atoms with Gasteiger partial charge in [-0.05, 0) is 45.2 Å². The standard InChI is InChI=1S/C18H27FN2O/c1-15-6-8-17(9-7-15)14-21-13-12-20(16(2)18(21)22)11-5-3-4-10-19/h6-9,16H,3-5,10-14H2,1-2H3/t16-/m1/s1. The summed E-state index contributed by atoms with van der Waals surface area (Å²) in [5, 5.41) is 0. The molecule has 1 aromatic carbocycles. The highest BCUT2D eigenvalue weighted by Crippen LogP contribution is 2.16. The second-order valence-corrected chi connectivity index (χ2v) is 6.21. The van der Waals surface area contributed by atoms with Crippen molar-refractivity contribution in [3.8, 4) is 0 Å². The maximum atomic E-state index is 12.5. The van der Waals surface area contributed by atoms with Crippen LogP contribution in [0.1, 0.15) is 37.3 Å². The molecular formula is C18H27FN2O. The van der Waals surface area contributed by atoms with Crippen LogP contribution >= 0.6 is 0 Å². The van der Waals surface area contributed by atoms with Gasteiger partial charge in [-0.1, -0.05) is 29.8 Å². The number of carbonyl (C=O) groups excluding carboxylic acids is 1. The molecule has 122 valence electrons. The summed E-state index contributed by atoms with van der Waals surface area (Å²) < 4.78 is 12.1. The van der Waals surface area contributed by atoms with Crippen molar-refractivity contribution >= 4 is 5.91 Å². The van der Waals surface area contributed by atoms with E-state index in [1.807, 2.05) is 11.8 Å². The van der Waals surface area contributed by atoms with E-state index in [0.717, 1.165) is 32.5 Å². The molecule has 0 aliphatic carbocycles. The zero-order chi connectivity index (χ0) is 15.9. The molecule has 1 aromatic rings. The van der Waals surface area contributed by atoms with E-state index in [9.17, 15) is 9.18 Å². The SMILES string of the molecule is Cc1ccc(CN2CCN(CCCCCF)[C@H](C)C2=O)cc1. The molecule has 1 heterocycles. The normalized spacial score (nSPS) is 19.7. The van der Waals surface area contributed by atoms with Gasteiger partial charge in [0, 0.05) is 19.6 Å². The van der Waals surface area contributed by atoms with Crippen LogP contribution in [0.4, 0.5) is 4.39 Å². The summed E-state index contributed by atoms with van der Waals surface area (Å²) in [6.07, 6.45) is 2.51. The van der Waals surface area contributed by atoms with Crippen molar-refractivity contribution in [2.75, 3.05) is 26.3 Å². The highest BCUT2D eigenvalue weighted by Gasteiger charge is 2.30. The van der Waals surface area contributed by atoms with Crippen LogP contribution in [0.25, 0.3) is 0 Å². The smallest absolute Gasteiger partial charge is 0.239 e. The summed E-state index contributed by atoms with van der Waals surface area (Å²) in [7, 11) is 0. The Kier molecular flexibility index (Phi) is 6.37. The first kappa shape index (κ1) is 16.9. The Hall–Kier alpha value is -1.42. The predicted molar refractivity (Wildman–Crippen MR) is 87.5 cm³/mol. The van der Waals surface area contributed by atoms with E-state index < -0.39 is 0 Å². The molecular weight excluding hydrogens is 279 g/mol. The van der Waals surface area contributed by atoms with Gasteiger partial charge < -0.3 is 4.90 Å². The van der Waals surface area contributed by atoms with E-state index in [1.54, 1.807) is 0 Å². The Morgan fingerprint density at radius 1 is 1.14 bits per heavy atom. The molecule has 0 N–H and O–H groups in total. The van der Waals surface area contributed by atoms with Gasteiger partial charge in [-0.25, -0.2) is 0 Å². The first-order valence-corrected chi connectivity index (χ1v) is 8.26. The lowest BCUT2D eigenvalue weighted by molar-refractivity contribution is -0.141. The van der Waals surface area contributed by atoms with Crippen LogP contribution in [-0.2, 0) is 11.3 Å². The monoisotopic (exact) mass is 306 g/mol. The minimum absolute atomic E-state index is 0.0652. The summed E-state index contributed by atoms with van der Waals surface area (Å²) in [6.45, 7) is 7.09. The van der Waals surface area contributed by atoms with Crippen molar-refractivity contribution in [3.63, 3.8) is 0 Å². The number of hydrogen-bond donors (Lipinski definition) is 0. The van der Waals surface area contributed by atoms with Crippen LogP contribution in [0.15, 0.2) is 24.3 Å². The molecule has 3 nitrogen and oxygen atoms in total. The predicted octanol–water partition coefficient (Wildman–Crippen LogP) is 3.17. The minimum Gasteiger partial charge on any atom is -0.336 e. The fourth-order valence-corrected chi connectivity index (χ4v) is 2.94. The molecule has 1 amide bonds. The molecule has 0 bridgehead atoms. The summed E-state index contributed by atoms with van der Waals surface area (Å²) in [4.78, 5) is 16.7. The molecule has 4 heteroatoms. The Labute approximate surface area is 133 Å². The van der Waals surface area contributed by atoms with E-state index in [0.29, 0.717) is 13.0 Å². The third-order valence-corrected chi connectivity index (χ3v) is 4.45. The quantitative estimate of drug-likeness (QED) is 0.722. The average molecular weight is 306 g/mol.